The van der Waals surface area contributed by atoms with Crippen molar-refractivity contribution >= 4 is 23.3 Å². The van der Waals surface area contributed by atoms with E-state index < -0.39 is 0 Å². The van der Waals surface area contributed by atoms with Gasteiger partial charge in [-0.25, -0.2) is 0 Å². The van der Waals surface area contributed by atoms with E-state index in [0.717, 1.165) is 49.2 Å². The summed E-state index contributed by atoms with van der Waals surface area (Å²) in [5.41, 5.74) is 9.21. The van der Waals surface area contributed by atoms with Gasteiger partial charge in [0.05, 0.1) is 17.1 Å². The Labute approximate surface area is 222 Å². The zero-order valence-corrected chi connectivity index (χ0v) is 24.0. The molecule has 0 aromatic heterocycles. The predicted molar refractivity (Wildman–Crippen MR) is 162 cm³/mol. The van der Waals surface area contributed by atoms with Gasteiger partial charge in [0.25, 0.3) is 0 Å². The molecule has 2 rings (SSSR count). The van der Waals surface area contributed by atoms with E-state index in [1.54, 1.807) is 0 Å². The van der Waals surface area contributed by atoms with Gasteiger partial charge < -0.3 is 0 Å². The fourth-order valence-corrected chi connectivity index (χ4v) is 4.62. The Morgan fingerprint density at radius 2 is 1.00 bits per heavy atom. The maximum Gasteiger partial charge on any atom is 0.0636 e. The van der Waals surface area contributed by atoms with Crippen molar-refractivity contribution in [3.63, 3.8) is 0 Å². The molecule has 0 saturated carbocycles. The molecule has 0 spiro atoms. The quantitative estimate of drug-likeness (QED) is 0.186. The van der Waals surface area contributed by atoms with Gasteiger partial charge in [-0.05, 0) is 111 Å². The summed E-state index contributed by atoms with van der Waals surface area (Å²) in [5, 5.41) is 0. The van der Waals surface area contributed by atoms with E-state index in [4.69, 9.17) is 9.98 Å². The molecule has 0 unspecified atom stereocenters. The van der Waals surface area contributed by atoms with Gasteiger partial charge in [0.2, 0.25) is 0 Å². The smallest absolute Gasteiger partial charge is 0.0636 e. The second kappa shape index (κ2) is 18.1. The molecule has 0 bridgehead atoms. The SMILES string of the molecule is CCCCC(C=Nc1ccc(CCCC)c(CCCC)c1)=Nc1ccc(CCCC)c(CCCC)c1. The number of aliphatic imine (C=N–C) groups is 2. The Kier molecular flexibility index (Phi) is 15.1. The van der Waals surface area contributed by atoms with Crippen LogP contribution in [-0.4, -0.2) is 11.9 Å². The Bertz CT molecular complexity index is 938. The summed E-state index contributed by atoms with van der Waals surface area (Å²) in [4.78, 5) is 10.0. The number of benzene rings is 2. The molecule has 2 heteroatoms. The lowest BCUT2D eigenvalue weighted by atomic mass is 9.97. The Morgan fingerprint density at radius 1 is 0.556 bits per heavy atom. The first-order valence-corrected chi connectivity index (χ1v) is 15.0. The average Bonchev–Trinajstić information content (AvgIpc) is 2.90. The summed E-state index contributed by atoms with van der Waals surface area (Å²) in [7, 11) is 0. The Balaban J connectivity index is 2.31. The summed E-state index contributed by atoms with van der Waals surface area (Å²) < 4.78 is 0. The summed E-state index contributed by atoms with van der Waals surface area (Å²) >= 11 is 0. The average molecular weight is 489 g/mol. The first kappa shape index (κ1) is 30.0. The number of rotatable bonds is 18. The number of hydrogen-bond donors (Lipinski definition) is 0. The molecule has 198 valence electrons. The minimum Gasteiger partial charge on any atom is -0.255 e. The lowest BCUT2D eigenvalue weighted by Crippen LogP contribution is -2.00. The van der Waals surface area contributed by atoms with Crippen molar-refractivity contribution in [2.45, 2.75) is 131 Å². The van der Waals surface area contributed by atoms with Crippen molar-refractivity contribution in [3.05, 3.63) is 58.7 Å². The van der Waals surface area contributed by atoms with E-state index in [1.165, 1.54) is 86.5 Å². The molecular weight excluding hydrogens is 436 g/mol. The molecule has 2 nitrogen and oxygen atoms in total. The maximum absolute atomic E-state index is 5.10. The Morgan fingerprint density at radius 3 is 1.50 bits per heavy atom. The van der Waals surface area contributed by atoms with Gasteiger partial charge in [-0.15, -0.1) is 0 Å². The zero-order valence-electron chi connectivity index (χ0n) is 24.0. The van der Waals surface area contributed by atoms with Gasteiger partial charge in [-0.1, -0.05) is 78.9 Å². The molecule has 0 radical (unpaired) electrons. The van der Waals surface area contributed by atoms with Crippen LogP contribution in [0.4, 0.5) is 11.4 Å². The second-order valence-electron chi connectivity index (χ2n) is 10.3. The van der Waals surface area contributed by atoms with Crippen molar-refractivity contribution in [2.24, 2.45) is 9.98 Å². The maximum atomic E-state index is 5.10. The summed E-state index contributed by atoms with van der Waals surface area (Å²) in [6, 6.07) is 13.7. The molecule has 0 aliphatic heterocycles. The van der Waals surface area contributed by atoms with E-state index in [-0.39, 0.29) is 0 Å². The molecule has 2 aromatic carbocycles. The highest BCUT2D eigenvalue weighted by molar-refractivity contribution is 6.31. The molecule has 0 saturated heterocycles. The third-order valence-electron chi connectivity index (χ3n) is 7.00. The van der Waals surface area contributed by atoms with Gasteiger partial charge in [-0.3, -0.25) is 9.98 Å². The van der Waals surface area contributed by atoms with Crippen molar-refractivity contribution in [3.8, 4) is 0 Å². The molecular formula is C34H52N2. The van der Waals surface area contributed by atoms with Crippen LogP contribution in [0.15, 0.2) is 46.4 Å². The highest BCUT2D eigenvalue weighted by atomic mass is 14.8. The van der Waals surface area contributed by atoms with Gasteiger partial charge in [-0.2, -0.15) is 0 Å². The number of unbranched alkanes of at least 4 members (excludes halogenated alkanes) is 5. The van der Waals surface area contributed by atoms with E-state index in [9.17, 15) is 0 Å². The second-order valence-corrected chi connectivity index (χ2v) is 10.3. The highest BCUT2D eigenvalue weighted by Crippen LogP contribution is 2.24. The molecule has 0 atom stereocenters. The van der Waals surface area contributed by atoms with Gasteiger partial charge in [0.1, 0.15) is 0 Å². The van der Waals surface area contributed by atoms with E-state index in [2.05, 4.69) is 71.0 Å². The van der Waals surface area contributed by atoms with Crippen LogP contribution in [0.5, 0.6) is 0 Å². The van der Waals surface area contributed by atoms with Crippen LogP contribution in [0.2, 0.25) is 0 Å². The van der Waals surface area contributed by atoms with Crippen molar-refractivity contribution in [2.75, 3.05) is 0 Å². The van der Waals surface area contributed by atoms with Crippen LogP contribution < -0.4 is 0 Å². The summed E-state index contributed by atoms with van der Waals surface area (Å²) in [6.45, 7) is 11.3. The topological polar surface area (TPSA) is 24.7 Å². The van der Waals surface area contributed by atoms with E-state index in [0.29, 0.717) is 0 Å². The monoisotopic (exact) mass is 488 g/mol. The first-order valence-electron chi connectivity index (χ1n) is 15.0. The minimum absolute atomic E-state index is 0.971. The molecule has 0 heterocycles. The summed E-state index contributed by atoms with van der Waals surface area (Å²) in [6.07, 6.45) is 19.9. The van der Waals surface area contributed by atoms with Crippen LogP contribution in [0.3, 0.4) is 0 Å². The standard InChI is InChI=1S/C34H52N2/c1-6-11-16-28-21-23-32(25-30(28)18-13-8-3)35-27-34(20-15-10-5)36-33-24-22-29(17-12-7-2)31(26-33)19-14-9-4/h21-27H,6-20H2,1-5H3. The first-order chi connectivity index (χ1) is 17.6. The predicted octanol–water partition coefficient (Wildman–Crippen LogP) is 10.7. The number of nitrogens with zero attached hydrogens (tertiary/aromatic N) is 2. The molecule has 36 heavy (non-hydrogen) atoms. The fraction of sp³-hybridized carbons (Fsp3) is 0.588. The molecule has 2 aromatic rings. The minimum atomic E-state index is 0.971. The van der Waals surface area contributed by atoms with Gasteiger partial charge in [0.15, 0.2) is 0 Å². The van der Waals surface area contributed by atoms with E-state index >= 15 is 0 Å². The van der Waals surface area contributed by atoms with Crippen molar-refractivity contribution < 1.29 is 0 Å². The zero-order chi connectivity index (χ0) is 26.0. The molecule has 0 fully saturated rings. The third kappa shape index (κ3) is 10.8. The molecule has 0 amide bonds. The van der Waals surface area contributed by atoms with Gasteiger partial charge in [0, 0.05) is 6.21 Å². The largest absolute Gasteiger partial charge is 0.255 e. The lowest BCUT2D eigenvalue weighted by molar-refractivity contribution is 0.758. The molecule has 0 aliphatic rings. The Hall–Kier alpha value is -2.22. The van der Waals surface area contributed by atoms with Crippen LogP contribution in [0, 0.1) is 0 Å². The lowest BCUT2D eigenvalue weighted by Gasteiger charge is -2.11. The molecule has 0 aliphatic carbocycles. The fourth-order valence-electron chi connectivity index (χ4n) is 4.62. The van der Waals surface area contributed by atoms with Gasteiger partial charge >= 0.3 is 0 Å². The van der Waals surface area contributed by atoms with E-state index in [1.807, 2.05) is 6.21 Å². The van der Waals surface area contributed by atoms with Crippen LogP contribution in [0.25, 0.3) is 0 Å². The summed E-state index contributed by atoms with van der Waals surface area (Å²) in [5.74, 6) is 0. The highest BCUT2D eigenvalue weighted by Gasteiger charge is 2.07. The van der Waals surface area contributed by atoms with Crippen LogP contribution >= 0.6 is 0 Å². The number of aryl methyl sites for hydroxylation is 4. The number of hydrogen-bond acceptors (Lipinski definition) is 2. The van der Waals surface area contributed by atoms with Crippen molar-refractivity contribution in [1.82, 2.24) is 0 Å². The normalized spacial score (nSPS) is 12.1. The van der Waals surface area contributed by atoms with Crippen molar-refractivity contribution in [1.29, 1.82) is 0 Å². The third-order valence-corrected chi connectivity index (χ3v) is 7.00. The van der Waals surface area contributed by atoms with Crippen LogP contribution in [-0.2, 0) is 25.7 Å². The molecule has 0 N–H and O–H groups in total. The van der Waals surface area contributed by atoms with Crippen LogP contribution in [0.1, 0.15) is 128 Å².